The van der Waals surface area contributed by atoms with Crippen LogP contribution < -0.4 is 0 Å². The van der Waals surface area contributed by atoms with Gasteiger partial charge in [0, 0.05) is 0 Å². The largest absolute Gasteiger partial charge is 0.478 e. The van der Waals surface area contributed by atoms with Crippen LogP contribution in [0, 0.1) is 0 Å². The summed E-state index contributed by atoms with van der Waals surface area (Å²) in [5.74, 6) is 0. The number of nitrogens with zero attached hydrogens (tertiary/aromatic N) is 1. The van der Waals surface area contributed by atoms with Gasteiger partial charge in [-0.1, -0.05) is 29.1 Å². The predicted octanol–water partition coefficient (Wildman–Crippen LogP) is 1.05. The van der Waals surface area contributed by atoms with E-state index in [0.29, 0.717) is 9.03 Å². The van der Waals surface area contributed by atoms with E-state index in [1.165, 1.54) is 0 Å². The first-order valence-electron chi connectivity index (χ1n) is 1.64. The number of thiol groups is 2. The summed E-state index contributed by atoms with van der Waals surface area (Å²) in [4.78, 5) is 8.60. The van der Waals surface area contributed by atoms with Crippen LogP contribution in [0.15, 0.2) is 0 Å². The first-order chi connectivity index (χ1) is 4.00. The Morgan fingerprint density at radius 2 is 2.22 bits per heavy atom. The van der Waals surface area contributed by atoms with E-state index in [4.69, 9.17) is 4.89 Å². The zero-order valence-electron chi connectivity index (χ0n) is 4.04. The van der Waals surface area contributed by atoms with Crippen molar-refractivity contribution in [2.75, 3.05) is 0 Å². The Labute approximate surface area is 68.9 Å². The second-order valence-electron chi connectivity index (χ2n) is 0.961. The van der Waals surface area contributed by atoms with Crippen molar-refractivity contribution in [1.82, 2.24) is 3.48 Å². The van der Waals surface area contributed by atoms with Crippen LogP contribution in [-0.2, 0) is 9.09 Å². The zero-order valence-corrected chi connectivity index (χ0v) is 7.54. The Morgan fingerprint density at radius 1 is 1.78 bits per heavy atom. The van der Waals surface area contributed by atoms with E-state index in [9.17, 15) is 4.57 Å². The highest BCUT2D eigenvalue weighted by Crippen LogP contribution is 2.48. The maximum atomic E-state index is 10.5. The minimum atomic E-state index is -3.86. The molecule has 0 fully saturated rings. The third-order valence-corrected chi connectivity index (χ3v) is 2.83. The molecular formula is CH4NO3PS3. The Bertz CT molecular complexity index is 148. The van der Waals surface area contributed by atoms with Gasteiger partial charge in [0.1, 0.15) is 0 Å². The minimum Gasteiger partial charge on any atom is -0.408 e. The molecule has 9 heavy (non-hydrogen) atoms. The topological polar surface area (TPSA) is 49.8 Å². The fourth-order valence-electron chi connectivity index (χ4n) is 0.0982. The van der Waals surface area contributed by atoms with Crippen LogP contribution >= 0.6 is 45.6 Å². The molecule has 0 amide bonds. The zero-order chi connectivity index (χ0) is 7.49. The molecule has 54 valence electrons. The maximum Gasteiger partial charge on any atom is 0.478 e. The smallest absolute Gasteiger partial charge is 0.408 e. The van der Waals surface area contributed by atoms with Gasteiger partial charge in [0.15, 0.2) is 5.55 Å². The quantitative estimate of drug-likeness (QED) is 0.365. The van der Waals surface area contributed by atoms with E-state index >= 15 is 0 Å². The van der Waals surface area contributed by atoms with Crippen LogP contribution in [0.25, 0.3) is 0 Å². The molecule has 0 aliphatic carbocycles. The normalized spacial score (nSPS) is 16.9. The van der Waals surface area contributed by atoms with Crippen molar-refractivity contribution >= 4 is 51.1 Å². The second-order valence-corrected chi connectivity index (χ2v) is 4.49. The maximum absolute atomic E-state index is 10.5. The summed E-state index contributed by atoms with van der Waals surface area (Å²) in [6.45, 7) is 0. The first-order valence-corrected chi connectivity index (χ1v) is 4.44. The van der Waals surface area contributed by atoms with Gasteiger partial charge < -0.3 is 9.42 Å². The van der Waals surface area contributed by atoms with Crippen LogP contribution in [0.3, 0.4) is 0 Å². The van der Waals surface area contributed by atoms with Crippen molar-refractivity contribution in [2.24, 2.45) is 0 Å². The highest BCUT2D eigenvalue weighted by Gasteiger charge is 2.24. The molecule has 0 aromatic carbocycles. The summed E-state index contributed by atoms with van der Waals surface area (Å²) < 4.78 is 15.0. The summed E-state index contributed by atoms with van der Waals surface area (Å²) in [5, 5.41) is 0. The molecule has 1 atom stereocenters. The standard InChI is InChI=1S/CH4NO3PS3/c3-6(4,2(8)9)5-1-7/h1,8-9H,(H,3,4). The molecule has 0 aromatic rings. The van der Waals surface area contributed by atoms with E-state index in [-0.39, 0.29) is 0 Å². The summed E-state index contributed by atoms with van der Waals surface area (Å²) in [6, 6.07) is 0. The highest BCUT2D eigenvalue weighted by molar-refractivity contribution is 8.01. The van der Waals surface area contributed by atoms with Gasteiger partial charge in [-0.25, -0.2) is 4.57 Å². The van der Waals surface area contributed by atoms with E-state index in [1.807, 2.05) is 0 Å². The van der Waals surface area contributed by atoms with Crippen molar-refractivity contribution in [1.29, 1.82) is 0 Å². The molecule has 1 unspecified atom stereocenters. The van der Waals surface area contributed by atoms with E-state index < -0.39 is 7.75 Å². The van der Waals surface area contributed by atoms with Crippen molar-refractivity contribution in [2.45, 2.75) is 0 Å². The second kappa shape index (κ2) is 3.80. The first kappa shape index (κ1) is 9.74. The molecule has 8 heteroatoms. The molecule has 0 heterocycles. The molecule has 1 N–H and O–H groups in total. The van der Waals surface area contributed by atoms with Crippen LogP contribution in [0.2, 0.25) is 0 Å². The van der Waals surface area contributed by atoms with Crippen LogP contribution in [0.4, 0.5) is 0 Å². The lowest BCUT2D eigenvalue weighted by Gasteiger charge is -2.11. The molecule has 0 bridgehead atoms. The van der Waals surface area contributed by atoms with Gasteiger partial charge in [-0.3, -0.25) is 0 Å². The summed E-state index contributed by atoms with van der Waals surface area (Å²) in [7, 11) is -3.86. The van der Waals surface area contributed by atoms with Crippen molar-refractivity contribution < 1.29 is 14.0 Å². The minimum absolute atomic E-state index is 0.454. The average Bonchev–Trinajstić information content (AvgIpc) is 1.65. The number of rotatable bonds is 3. The van der Waals surface area contributed by atoms with Crippen LogP contribution in [0.1, 0.15) is 0 Å². The Morgan fingerprint density at radius 3 is 2.33 bits per heavy atom. The van der Waals surface area contributed by atoms with Gasteiger partial charge in [0.2, 0.25) is 0 Å². The molecule has 0 saturated heterocycles. The highest BCUT2D eigenvalue weighted by atomic mass is 32.2. The molecule has 0 aliphatic rings. The number of hydrogen-bond donors (Lipinski definition) is 3. The molecular weight excluding hydrogens is 201 g/mol. The average molecular weight is 205 g/mol. The van der Waals surface area contributed by atoms with E-state index in [0.717, 1.165) is 0 Å². The van der Waals surface area contributed by atoms with Gasteiger partial charge in [-0.05, 0) is 12.2 Å². The molecule has 0 radical (unpaired) electrons. The van der Waals surface area contributed by atoms with E-state index in [2.05, 4.69) is 42.4 Å². The van der Waals surface area contributed by atoms with Gasteiger partial charge in [-0.15, -0.1) is 0 Å². The lowest BCUT2D eigenvalue weighted by atomic mass is 11.7. The van der Waals surface area contributed by atoms with Crippen molar-refractivity contribution in [3.05, 3.63) is 0 Å². The lowest BCUT2D eigenvalue weighted by molar-refractivity contribution is 0.366. The fraction of sp³-hybridized carbons (Fsp3) is 0. The van der Waals surface area contributed by atoms with Crippen LogP contribution in [-0.4, -0.2) is 13.9 Å². The molecule has 0 rings (SSSR count). The summed E-state index contributed by atoms with van der Waals surface area (Å²) in [6.07, 6.45) is 0. The van der Waals surface area contributed by atoms with Crippen LogP contribution in [0.5, 0.6) is 0 Å². The van der Waals surface area contributed by atoms with Gasteiger partial charge in [0.25, 0.3) is 0 Å². The third-order valence-electron chi connectivity index (χ3n) is 0.406. The SMILES string of the molecule is O=P(O)(OC=S)N(S)S. The van der Waals surface area contributed by atoms with Crippen molar-refractivity contribution in [3.8, 4) is 0 Å². The van der Waals surface area contributed by atoms with Gasteiger partial charge >= 0.3 is 7.75 Å². The summed E-state index contributed by atoms with van der Waals surface area (Å²) in [5.41, 5.74) is 0.681. The Hall–Kier alpha value is 0.740. The third kappa shape index (κ3) is 3.44. The van der Waals surface area contributed by atoms with Gasteiger partial charge in [0.05, 0.1) is 0 Å². The fourth-order valence-corrected chi connectivity index (χ4v) is 0.884. The summed E-state index contributed by atoms with van der Waals surface area (Å²) >= 11 is 11.0. The monoisotopic (exact) mass is 205 g/mol. The predicted molar refractivity (Wildman–Crippen MR) is 44.4 cm³/mol. The van der Waals surface area contributed by atoms with Gasteiger partial charge in [-0.2, -0.15) is 0 Å². The molecule has 0 spiro atoms. The lowest BCUT2D eigenvalue weighted by Crippen LogP contribution is -1.96. The molecule has 0 aliphatic heterocycles. The van der Waals surface area contributed by atoms with Crippen molar-refractivity contribution in [3.63, 3.8) is 0 Å². The molecule has 4 nitrogen and oxygen atoms in total. The molecule has 0 saturated carbocycles. The van der Waals surface area contributed by atoms with E-state index in [1.54, 1.807) is 0 Å². The Balaban J connectivity index is 4.02. The number of hydrogen-bond acceptors (Lipinski definition) is 5. The number of thiocarbonyl (C=S) groups is 1. The Kier molecular flexibility index (Phi) is 4.11. The molecule has 0 aromatic heterocycles.